The van der Waals surface area contributed by atoms with E-state index in [0.29, 0.717) is 18.7 Å². The van der Waals surface area contributed by atoms with Crippen LogP contribution < -0.4 is 0 Å². The first-order valence-electron chi connectivity index (χ1n) is 5.42. The molecule has 0 saturated carbocycles. The topological polar surface area (TPSA) is 83.6 Å². The van der Waals surface area contributed by atoms with Crippen LogP contribution in [0, 0.1) is 5.41 Å². The van der Waals surface area contributed by atoms with E-state index in [4.69, 9.17) is 5.11 Å². The predicted octanol–water partition coefficient (Wildman–Crippen LogP) is 0.540. The lowest BCUT2D eigenvalue weighted by molar-refractivity contribution is -0.147. The van der Waals surface area contributed by atoms with Gasteiger partial charge in [-0.3, -0.25) is 9.59 Å². The van der Waals surface area contributed by atoms with Crippen LogP contribution in [0.15, 0.2) is 16.9 Å². The highest BCUT2D eigenvalue weighted by molar-refractivity contribution is 5.81. The molecule has 0 spiro atoms. The molecule has 1 atom stereocenters. The monoisotopic (exact) mass is 238 g/mol. The molecular formula is C11H14N2O4. The Morgan fingerprint density at radius 2 is 2.41 bits per heavy atom. The van der Waals surface area contributed by atoms with Gasteiger partial charge in [0.05, 0.1) is 17.5 Å². The molecule has 92 valence electrons. The first-order valence-corrected chi connectivity index (χ1v) is 5.42. The number of carboxylic acid groups (broad SMARTS) is 1. The Kier molecular flexibility index (Phi) is 2.87. The Morgan fingerprint density at radius 1 is 1.65 bits per heavy atom. The number of likely N-dealkylation sites (tertiary alicyclic amines) is 1. The summed E-state index contributed by atoms with van der Waals surface area (Å²) >= 11 is 0. The van der Waals surface area contributed by atoms with E-state index in [1.54, 1.807) is 17.9 Å². The van der Waals surface area contributed by atoms with Gasteiger partial charge in [-0.25, -0.2) is 0 Å². The molecule has 1 aromatic rings. The lowest BCUT2D eigenvalue weighted by Crippen LogP contribution is -2.35. The zero-order valence-corrected chi connectivity index (χ0v) is 9.55. The summed E-state index contributed by atoms with van der Waals surface area (Å²) in [6.45, 7) is 2.41. The fourth-order valence-corrected chi connectivity index (χ4v) is 1.94. The normalized spacial score (nSPS) is 23.9. The second-order valence-corrected chi connectivity index (χ2v) is 4.60. The molecule has 2 rings (SSSR count). The van der Waals surface area contributed by atoms with E-state index < -0.39 is 11.4 Å². The largest absolute Gasteiger partial charge is 0.481 e. The van der Waals surface area contributed by atoms with E-state index in [1.165, 1.54) is 6.26 Å². The van der Waals surface area contributed by atoms with Crippen LogP contribution in [0.5, 0.6) is 0 Å². The van der Waals surface area contributed by atoms with Crippen LogP contribution in [0.3, 0.4) is 0 Å². The summed E-state index contributed by atoms with van der Waals surface area (Å²) in [5, 5.41) is 12.7. The van der Waals surface area contributed by atoms with Gasteiger partial charge in [0.2, 0.25) is 5.91 Å². The molecule has 1 amide bonds. The van der Waals surface area contributed by atoms with Crippen LogP contribution in [-0.4, -0.2) is 40.1 Å². The first-order chi connectivity index (χ1) is 8.01. The van der Waals surface area contributed by atoms with E-state index >= 15 is 0 Å². The van der Waals surface area contributed by atoms with Crippen molar-refractivity contribution in [1.82, 2.24) is 10.1 Å². The van der Waals surface area contributed by atoms with Crippen LogP contribution in [0.4, 0.5) is 0 Å². The van der Waals surface area contributed by atoms with Gasteiger partial charge in [0.15, 0.2) is 0 Å². The van der Waals surface area contributed by atoms with Crippen molar-refractivity contribution in [3.8, 4) is 0 Å². The van der Waals surface area contributed by atoms with E-state index in [1.807, 2.05) is 0 Å². The third kappa shape index (κ3) is 2.30. The molecule has 1 fully saturated rings. The number of carboxylic acids is 1. The molecule has 1 N–H and O–H groups in total. The third-order valence-electron chi connectivity index (χ3n) is 3.17. The Bertz CT molecular complexity index is 429. The van der Waals surface area contributed by atoms with Gasteiger partial charge in [0.25, 0.3) is 0 Å². The highest BCUT2D eigenvalue weighted by atomic mass is 16.5. The fraction of sp³-hybridized carbons (Fsp3) is 0.545. The molecule has 0 aromatic carbocycles. The summed E-state index contributed by atoms with van der Waals surface area (Å²) in [7, 11) is 0. The zero-order chi connectivity index (χ0) is 12.5. The summed E-state index contributed by atoms with van der Waals surface area (Å²) in [6.07, 6.45) is 2.06. The minimum absolute atomic E-state index is 0.108. The molecule has 1 unspecified atom stereocenters. The first kappa shape index (κ1) is 11.6. The van der Waals surface area contributed by atoms with Gasteiger partial charge in [0, 0.05) is 19.2 Å². The number of rotatable bonds is 3. The van der Waals surface area contributed by atoms with E-state index in [9.17, 15) is 9.59 Å². The van der Waals surface area contributed by atoms with E-state index in [-0.39, 0.29) is 18.9 Å². The van der Waals surface area contributed by atoms with Crippen LogP contribution in [0.2, 0.25) is 0 Å². The molecule has 0 bridgehead atoms. The maximum Gasteiger partial charge on any atom is 0.311 e. The summed E-state index contributed by atoms with van der Waals surface area (Å²) in [4.78, 5) is 24.5. The minimum Gasteiger partial charge on any atom is -0.481 e. The number of amides is 1. The summed E-state index contributed by atoms with van der Waals surface area (Å²) in [5.74, 6) is -0.960. The number of nitrogens with zero attached hydrogens (tertiary/aromatic N) is 2. The lowest BCUT2D eigenvalue weighted by Gasteiger charge is -2.19. The van der Waals surface area contributed by atoms with Crippen molar-refractivity contribution < 1.29 is 19.2 Å². The van der Waals surface area contributed by atoms with Gasteiger partial charge in [-0.1, -0.05) is 5.16 Å². The van der Waals surface area contributed by atoms with Gasteiger partial charge >= 0.3 is 5.97 Å². The Morgan fingerprint density at radius 3 is 2.94 bits per heavy atom. The van der Waals surface area contributed by atoms with Gasteiger partial charge in [-0.2, -0.15) is 0 Å². The molecule has 6 heteroatoms. The molecule has 1 saturated heterocycles. The Labute approximate surface area is 98.2 Å². The van der Waals surface area contributed by atoms with Crippen LogP contribution >= 0.6 is 0 Å². The number of carbonyl (C=O) groups excluding carboxylic acids is 1. The molecular weight excluding hydrogens is 224 g/mol. The molecule has 17 heavy (non-hydrogen) atoms. The lowest BCUT2D eigenvalue weighted by atomic mass is 9.90. The van der Waals surface area contributed by atoms with Crippen molar-refractivity contribution in [1.29, 1.82) is 0 Å². The molecule has 0 radical (unpaired) electrons. The fourth-order valence-electron chi connectivity index (χ4n) is 1.94. The van der Waals surface area contributed by atoms with Gasteiger partial charge < -0.3 is 14.5 Å². The highest BCUT2D eigenvalue weighted by Crippen LogP contribution is 2.30. The second-order valence-electron chi connectivity index (χ2n) is 4.60. The highest BCUT2D eigenvalue weighted by Gasteiger charge is 2.41. The SMILES string of the molecule is CC1(C(=O)O)CCN(C(=O)Cc2ccon2)C1. The zero-order valence-electron chi connectivity index (χ0n) is 9.55. The minimum atomic E-state index is -0.853. The van der Waals surface area contributed by atoms with Gasteiger partial charge in [-0.15, -0.1) is 0 Å². The standard InChI is InChI=1S/C11H14N2O4/c1-11(10(15)16)3-4-13(7-11)9(14)6-8-2-5-17-12-8/h2,5H,3-4,6-7H2,1H3,(H,15,16). The van der Waals surface area contributed by atoms with Crippen LogP contribution in [0.1, 0.15) is 19.0 Å². The summed E-state index contributed by atoms with van der Waals surface area (Å²) in [6, 6.07) is 1.63. The smallest absolute Gasteiger partial charge is 0.311 e. The van der Waals surface area contributed by atoms with Crippen molar-refractivity contribution in [3.63, 3.8) is 0 Å². The Hall–Kier alpha value is -1.85. The van der Waals surface area contributed by atoms with Crippen LogP contribution in [0.25, 0.3) is 0 Å². The molecule has 1 aliphatic rings. The molecule has 1 aliphatic heterocycles. The second kappa shape index (κ2) is 4.20. The number of aromatic nitrogens is 1. The van der Waals surface area contributed by atoms with Crippen molar-refractivity contribution in [3.05, 3.63) is 18.0 Å². The third-order valence-corrected chi connectivity index (χ3v) is 3.17. The van der Waals surface area contributed by atoms with Crippen molar-refractivity contribution in [2.24, 2.45) is 5.41 Å². The average molecular weight is 238 g/mol. The molecule has 0 aliphatic carbocycles. The Balaban J connectivity index is 1.97. The number of carbonyl (C=O) groups is 2. The number of hydrogen-bond acceptors (Lipinski definition) is 4. The maximum atomic E-state index is 11.9. The predicted molar refractivity (Wildman–Crippen MR) is 57.1 cm³/mol. The van der Waals surface area contributed by atoms with Crippen molar-refractivity contribution in [2.75, 3.05) is 13.1 Å². The number of aliphatic carboxylic acids is 1. The average Bonchev–Trinajstić information content (AvgIpc) is 2.88. The summed E-state index contributed by atoms with van der Waals surface area (Å²) in [5.41, 5.74) is -0.252. The van der Waals surface area contributed by atoms with Crippen molar-refractivity contribution in [2.45, 2.75) is 19.8 Å². The molecule has 1 aromatic heterocycles. The van der Waals surface area contributed by atoms with Gasteiger partial charge in [-0.05, 0) is 13.3 Å². The van der Waals surface area contributed by atoms with Gasteiger partial charge in [0.1, 0.15) is 6.26 Å². The number of hydrogen-bond donors (Lipinski definition) is 1. The quantitative estimate of drug-likeness (QED) is 0.830. The van der Waals surface area contributed by atoms with E-state index in [0.717, 1.165) is 0 Å². The molecule has 2 heterocycles. The maximum absolute atomic E-state index is 11.9. The summed E-state index contributed by atoms with van der Waals surface area (Å²) < 4.78 is 4.64. The van der Waals surface area contributed by atoms with Crippen LogP contribution in [-0.2, 0) is 16.0 Å². The van der Waals surface area contributed by atoms with E-state index in [2.05, 4.69) is 9.68 Å². The van der Waals surface area contributed by atoms with Crippen molar-refractivity contribution >= 4 is 11.9 Å². The molecule has 6 nitrogen and oxygen atoms in total.